The monoisotopic (exact) mass is 237 g/mol. The Morgan fingerprint density at radius 1 is 1.38 bits per heavy atom. The molecular weight excluding hydrogens is 231 g/mol. The minimum Gasteiger partial charge on any atom is -0.481 e. The van der Waals surface area contributed by atoms with Crippen molar-refractivity contribution in [3.63, 3.8) is 0 Å². The SMILES string of the molecule is NC1=C(F)C(F)=CC(C(=O)O)C1(F)C(=O)O. The number of alkyl halides is 1. The second-order valence-electron chi connectivity index (χ2n) is 3.08. The Balaban J connectivity index is 3.44. The molecule has 0 spiro atoms. The van der Waals surface area contributed by atoms with Crippen molar-refractivity contribution in [3.05, 3.63) is 23.4 Å². The van der Waals surface area contributed by atoms with Crippen LogP contribution in [0.15, 0.2) is 23.4 Å². The highest BCUT2D eigenvalue weighted by atomic mass is 19.2. The van der Waals surface area contributed by atoms with E-state index in [0.29, 0.717) is 0 Å². The predicted octanol–water partition coefficient (Wildman–Crippen LogP) is 0.487. The van der Waals surface area contributed by atoms with E-state index in [4.69, 9.17) is 15.9 Å². The van der Waals surface area contributed by atoms with Crippen molar-refractivity contribution in [1.82, 2.24) is 0 Å². The molecule has 0 saturated carbocycles. The molecule has 1 rings (SSSR count). The quantitative estimate of drug-likeness (QED) is 0.648. The molecule has 0 radical (unpaired) electrons. The smallest absolute Gasteiger partial charge is 0.349 e. The number of carboxylic acid groups (broad SMARTS) is 2. The molecule has 1 aliphatic rings. The molecule has 16 heavy (non-hydrogen) atoms. The zero-order valence-electron chi connectivity index (χ0n) is 7.58. The summed E-state index contributed by atoms with van der Waals surface area (Å²) in [6.07, 6.45) is 0.0299. The number of hydrogen-bond acceptors (Lipinski definition) is 3. The Labute approximate surface area is 86.7 Å². The first-order valence-electron chi connectivity index (χ1n) is 3.91. The van der Waals surface area contributed by atoms with E-state index in [1.807, 2.05) is 0 Å². The van der Waals surface area contributed by atoms with Crippen LogP contribution in [0, 0.1) is 5.92 Å². The van der Waals surface area contributed by atoms with Gasteiger partial charge in [0.05, 0.1) is 5.70 Å². The lowest BCUT2D eigenvalue weighted by Crippen LogP contribution is -2.50. The third-order valence-corrected chi connectivity index (χ3v) is 2.16. The molecule has 0 bridgehead atoms. The van der Waals surface area contributed by atoms with Crippen molar-refractivity contribution >= 4 is 11.9 Å². The Hall–Kier alpha value is -1.99. The van der Waals surface area contributed by atoms with Crippen LogP contribution in [0.1, 0.15) is 0 Å². The standard InChI is InChI=1S/C8H6F3NO4/c9-3-1-2(6(13)14)8(11,7(15)16)5(12)4(3)10/h1-2H,12H2,(H,13,14)(H,15,16). The number of rotatable bonds is 2. The first-order chi connectivity index (χ1) is 7.22. The van der Waals surface area contributed by atoms with Crippen molar-refractivity contribution < 1.29 is 33.0 Å². The lowest BCUT2D eigenvalue weighted by molar-refractivity contribution is -0.159. The van der Waals surface area contributed by atoms with E-state index < -0.39 is 40.9 Å². The van der Waals surface area contributed by atoms with Gasteiger partial charge in [-0.05, 0) is 6.08 Å². The maximum atomic E-state index is 13.8. The van der Waals surface area contributed by atoms with E-state index in [2.05, 4.69) is 0 Å². The lowest BCUT2D eigenvalue weighted by atomic mass is 9.82. The fourth-order valence-electron chi connectivity index (χ4n) is 1.28. The van der Waals surface area contributed by atoms with E-state index in [0.717, 1.165) is 0 Å². The molecule has 2 atom stereocenters. The number of carboxylic acids is 2. The average molecular weight is 237 g/mol. The van der Waals surface area contributed by atoms with Gasteiger partial charge in [-0.25, -0.2) is 18.0 Å². The number of nitrogens with two attached hydrogens (primary N) is 1. The summed E-state index contributed by atoms with van der Waals surface area (Å²) in [5, 5.41) is 17.0. The molecule has 5 nitrogen and oxygen atoms in total. The van der Waals surface area contributed by atoms with Crippen molar-refractivity contribution in [2.45, 2.75) is 5.67 Å². The molecule has 88 valence electrons. The summed E-state index contributed by atoms with van der Waals surface area (Å²) in [5.41, 5.74) is -0.498. The summed E-state index contributed by atoms with van der Waals surface area (Å²) in [7, 11) is 0. The topological polar surface area (TPSA) is 101 Å². The van der Waals surface area contributed by atoms with Crippen LogP contribution in [0.25, 0.3) is 0 Å². The van der Waals surface area contributed by atoms with Crippen LogP contribution in [0.4, 0.5) is 13.2 Å². The molecule has 8 heteroatoms. The molecule has 4 N–H and O–H groups in total. The van der Waals surface area contributed by atoms with Gasteiger partial charge in [-0.1, -0.05) is 0 Å². The number of aliphatic carboxylic acids is 2. The highest BCUT2D eigenvalue weighted by Crippen LogP contribution is 2.39. The van der Waals surface area contributed by atoms with E-state index in [-0.39, 0.29) is 6.08 Å². The van der Waals surface area contributed by atoms with Gasteiger partial charge in [0, 0.05) is 0 Å². The van der Waals surface area contributed by atoms with Crippen LogP contribution in [-0.2, 0) is 9.59 Å². The largest absolute Gasteiger partial charge is 0.481 e. The van der Waals surface area contributed by atoms with E-state index >= 15 is 0 Å². The summed E-state index contributed by atoms with van der Waals surface area (Å²) < 4.78 is 39.5. The number of halogens is 3. The molecule has 0 aromatic carbocycles. The van der Waals surface area contributed by atoms with E-state index in [9.17, 15) is 22.8 Å². The molecule has 1 aliphatic carbocycles. The zero-order chi connectivity index (χ0) is 12.7. The van der Waals surface area contributed by atoms with Gasteiger partial charge < -0.3 is 15.9 Å². The summed E-state index contributed by atoms with van der Waals surface area (Å²) >= 11 is 0. The van der Waals surface area contributed by atoms with Crippen LogP contribution in [0.2, 0.25) is 0 Å². The Bertz CT molecular complexity index is 431. The normalized spacial score (nSPS) is 29.9. The van der Waals surface area contributed by atoms with Gasteiger partial charge in [0.25, 0.3) is 5.67 Å². The molecular formula is C8H6F3NO4. The van der Waals surface area contributed by atoms with Crippen LogP contribution >= 0.6 is 0 Å². The van der Waals surface area contributed by atoms with Gasteiger partial charge >= 0.3 is 11.9 Å². The highest BCUT2D eigenvalue weighted by Gasteiger charge is 2.56. The van der Waals surface area contributed by atoms with Crippen molar-refractivity contribution in [2.24, 2.45) is 11.7 Å². The van der Waals surface area contributed by atoms with Gasteiger partial charge in [0.2, 0.25) is 0 Å². The van der Waals surface area contributed by atoms with Gasteiger partial charge in [0.15, 0.2) is 11.7 Å². The first kappa shape index (κ1) is 12.1. The minimum absolute atomic E-state index is 0.0299. The van der Waals surface area contributed by atoms with Crippen molar-refractivity contribution in [3.8, 4) is 0 Å². The maximum Gasteiger partial charge on any atom is 0.349 e. The second kappa shape index (κ2) is 3.54. The first-order valence-corrected chi connectivity index (χ1v) is 3.91. The summed E-state index contributed by atoms with van der Waals surface area (Å²) in [6.45, 7) is 0. The third-order valence-electron chi connectivity index (χ3n) is 2.16. The fraction of sp³-hybridized carbons (Fsp3) is 0.250. The maximum absolute atomic E-state index is 13.8. The van der Waals surface area contributed by atoms with E-state index in [1.54, 1.807) is 0 Å². The number of carbonyl (C=O) groups is 2. The molecule has 0 aliphatic heterocycles. The lowest BCUT2D eigenvalue weighted by Gasteiger charge is -2.28. The summed E-state index contributed by atoms with van der Waals surface area (Å²) in [4.78, 5) is 21.1. The van der Waals surface area contributed by atoms with Crippen molar-refractivity contribution in [2.75, 3.05) is 0 Å². The van der Waals surface area contributed by atoms with E-state index in [1.165, 1.54) is 0 Å². The number of hydrogen-bond donors (Lipinski definition) is 3. The van der Waals surface area contributed by atoms with Gasteiger partial charge in [-0.15, -0.1) is 0 Å². The van der Waals surface area contributed by atoms with Gasteiger partial charge in [-0.2, -0.15) is 0 Å². The molecule has 0 amide bonds. The summed E-state index contributed by atoms with van der Waals surface area (Å²) in [5.74, 6) is -10.3. The third kappa shape index (κ3) is 1.42. The second-order valence-corrected chi connectivity index (χ2v) is 3.08. The minimum atomic E-state index is -3.69. The van der Waals surface area contributed by atoms with Crippen LogP contribution < -0.4 is 5.73 Å². The molecule has 0 saturated heterocycles. The van der Waals surface area contributed by atoms with Gasteiger partial charge in [-0.3, -0.25) is 4.79 Å². The molecule has 0 fully saturated rings. The Morgan fingerprint density at radius 2 is 1.88 bits per heavy atom. The molecule has 0 aromatic rings. The molecule has 0 aromatic heterocycles. The Morgan fingerprint density at radius 3 is 2.25 bits per heavy atom. The van der Waals surface area contributed by atoms with Gasteiger partial charge in [0.1, 0.15) is 5.92 Å². The fourth-order valence-corrected chi connectivity index (χ4v) is 1.28. The average Bonchev–Trinajstić information content (AvgIpc) is 2.19. The van der Waals surface area contributed by atoms with Crippen LogP contribution in [0.3, 0.4) is 0 Å². The van der Waals surface area contributed by atoms with Crippen LogP contribution in [-0.4, -0.2) is 27.8 Å². The highest BCUT2D eigenvalue weighted by molar-refractivity contribution is 5.91. The molecule has 0 heterocycles. The van der Waals surface area contributed by atoms with Crippen LogP contribution in [0.5, 0.6) is 0 Å². The number of allylic oxidation sites excluding steroid dienone is 2. The van der Waals surface area contributed by atoms with Crippen molar-refractivity contribution in [1.29, 1.82) is 0 Å². The predicted molar refractivity (Wildman–Crippen MR) is 44.1 cm³/mol. The Kier molecular flexibility index (Phi) is 2.68. The summed E-state index contributed by atoms with van der Waals surface area (Å²) in [6, 6.07) is 0. The molecule has 2 unspecified atom stereocenters. The zero-order valence-corrected chi connectivity index (χ0v) is 7.58.